The quantitative estimate of drug-likeness (QED) is 0.469. The van der Waals surface area contributed by atoms with Crippen LogP contribution in [0, 0.1) is 0 Å². The number of amides is 3. The zero-order valence-electron chi connectivity index (χ0n) is 19.3. The second-order valence-electron chi connectivity index (χ2n) is 8.24. The van der Waals surface area contributed by atoms with Gasteiger partial charge in [0.1, 0.15) is 11.4 Å². The molecular formula is C24H26N4O6. The standard InChI is InChI=1S/C24H26N4O6/c1-24(2,3)34-23(31)26-12-15-5-7-16(8-6-15)27-21(29)22(30)28-17-9-10-18(19(11-17)32-4)20-13-25-14-33-20/h5-11,13-14H,12H2,1-4H3,(H,26,31)(H,27,29)(H,28,30). The number of aromatic nitrogens is 1. The van der Waals surface area contributed by atoms with Crippen molar-refractivity contribution in [1.82, 2.24) is 10.3 Å². The fraction of sp³-hybridized carbons (Fsp3) is 0.250. The summed E-state index contributed by atoms with van der Waals surface area (Å²) in [5.41, 5.74) is 1.68. The lowest BCUT2D eigenvalue weighted by atomic mass is 10.1. The molecule has 3 amide bonds. The van der Waals surface area contributed by atoms with Gasteiger partial charge in [-0.3, -0.25) is 9.59 Å². The largest absolute Gasteiger partial charge is 0.496 e. The van der Waals surface area contributed by atoms with Crippen LogP contribution in [0.3, 0.4) is 0 Å². The molecular weight excluding hydrogens is 440 g/mol. The molecule has 0 fully saturated rings. The Labute approximate surface area is 196 Å². The van der Waals surface area contributed by atoms with Crippen molar-refractivity contribution in [2.45, 2.75) is 32.9 Å². The number of methoxy groups -OCH3 is 1. The van der Waals surface area contributed by atoms with Crippen LogP contribution in [0.4, 0.5) is 16.2 Å². The highest BCUT2D eigenvalue weighted by Gasteiger charge is 2.17. The molecule has 0 radical (unpaired) electrons. The van der Waals surface area contributed by atoms with Crippen LogP contribution >= 0.6 is 0 Å². The van der Waals surface area contributed by atoms with Gasteiger partial charge in [-0.15, -0.1) is 0 Å². The van der Waals surface area contributed by atoms with Gasteiger partial charge in [-0.05, 0) is 50.6 Å². The summed E-state index contributed by atoms with van der Waals surface area (Å²) in [5.74, 6) is -0.717. The number of carbonyl (C=O) groups is 3. The van der Waals surface area contributed by atoms with Crippen LogP contribution in [-0.4, -0.2) is 35.6 Å². The molecule has 1 aromatic heterocycles. The smallest absolute Gasteiger partial charge is 0.407 e. The van der Waals surface area contributed by atoms with Crippen molar-refractivity contribution < 1.29 is 28.3 Å². The van der Waals surface area contributed by atoms with Crippen LogP contribution in [0.2, 0.25) is 0 Å². The molecule has 178 valence electrons. The normalized spacial score (nSPS) is 10.8. The van der Waals surface area contributed by atoms with Crippen LogP contribution < -0.4 is 20.7 Å². The summed E-state index contributed by atoms with van der Waals surface area (Å²) in [6.45, 7) is 5.61. The maximum atomic E-state index is 12.3. The lowest BCUT2D eigenvalue weighted by molar-refractivity contribution is -0.132. The summed E-state index contributed by atoms with van der Waals surface area (Å²) in [4.78, 5) is 40.3. The van der Waals surface area contributed by atoms with Gasteiger partial charge < -0.3 is 29.8 Å². The molecule has 3 N–H and O–H groups in total. The molecule has 3 aromatic rings. The second kappa shape index (κ2) is 10.5. The molecule has 0 spiro atoms. The van der Waals surface area contributed by atoms with Crippen LogP contribution in [0.1, 0.15) is 26.3 Å². The maximum Gasteiger partial charge on any atom is 0.407 e. The lowest BCUT2D eigenvalue weighted by Gasteiger charge is -2.19. The summed E-state index contributed by atoms with van der Waals surface area (Å²) < 4.78 is 15.8. The Morgan fingerprint density at radius 3 is 2.21 bits per heavy atom. The predicted octanol–water partition coefficient (Wildman–Crippen LogP) is 3.95. The molecule has 2 aromatic carbocycles. The van der Waals surface area contributed by atoms with E-state index in [0.29, 0.717) is 28.4 Å². The molecule has 10 heteroatoms. The van der Waals surface area contributed by atoms with Crippen molar-refractivity contribution >= 4 is 29.3 Å². The van der Waals surface area contributed by atoms with Crippen molar-refractivity contribution in [2.75, 3.05) is 17.7 Å². The number of nitrogens with zero attached hydrogens (tertiary/aromatic N) is 1. The fourth-order valence-electron chi connectivity index (χ4n) is 2.89. The zero-order chi connectivity index (χ0) is 24.7. The van der Waals surface area contributed by atoms with Crippen LogP contribution in [-0.2, 0) is 20.9 Å². The molecule has 10 nitrogen and oxygen atoms in total. The maximum absolute atomic E-state index is 12.3. The highest BCUT2D eigenvalue weighted by molar-refractivity contribution is 6.43. The van der Waals surface area contributed by atoms with Gasteiger partial charge >= 0.3 is 17.9 Å². The second-order valence-corrected chi connectivity index (χ2v) is 8.24. The molecule has 0 aliphatic rings. The predicted molar refractivity (Wildman–Crippen MR) is 125 cm³/mol. The van der Waals surface area contributed by atoms with E-state index in [2.05, 4.69) is 20.9 Å². The van der Waals surface area contributed by atoms with E-state index in [0.717, 1.165) is 5.56 Å². The summed E-state index contributed by atoms with van der Waals surface area (Å²) in [7, 11) is 1.49. The number of hydrogen-bond donors (Lipinski definition) is 3. The van der Waals surface area contributed by atoms with E-state index in [9.17, 15) is 14.4 Å². The zero-order valence-corrected chi connectivity index (χ0v) is 19.3. The molecule has 0 unspecified atom stereocenters. The Morgan fingerprint density at radius 1 is 0.971 bits per heavy atom. The van der Waals surface area contributed by atoms with E-state index in [1.165, 1.54) is 13.5 Å². The van der Waals surface area contributed by atoms with Crippen molar-refractivity contribution in [2.24, 2.45) is 0 Å². The van der Waals surface area contributed by atoms with Gasteiger partial charge in [0.25, 0.3) is 0 Å². The van der Waals surface area contributed by atoms with Crippen LogP contribution in [0.15, 0.2) is 59.5 Å². The number of rotatable bonds is 6. The van der Waals surface area contributed by atoms with Crippen molar-refractivity contribution in [1.29, 1.82) is 0 Å². The van der Waals surface area contributed by atoms with Crippen LogP contribution in [0.5, 0.6) is 5.75 Å². The number of ether oxygens (including phenoxy) is 2. The summed E-state index contributed by atoms with van der Waals surface area (Å²) in [5, 5.41) is 7.71. The molecule has 34 heavy (non-hydrogen) atoms. The molecule has 0 saturated carbocycles. The molecule has 0 aliphatic carbocycles. The van der Waals surface area contributed by atoms with E-state index in [-0.39, 0.29) is 6.54 Å². The lowest BCUT2D eigenvalue weighted by Crippen LogP contribution is -2.32. The Kier molecular flexibility index (Phi) is 7.52. The first kappa shape index (κ1) is 24.3. The highest BCUT2D eigenvalue weighted by atomic mass is 16.6. The molecule has 0 saturated heterocycles. The van der Waals surface area contributed by atoms with Gasteiger partial charge in [0.2, 0.25) is 0 Å². The number of hydrogen-bond acceptors (Lipinski definition) is 7. The minimum absolute atomic E-state index is 0.259. The first-order chi connectivity index (χ1) is 16.1. The Morgan fingerprint density at radius 2 is 1.62 bits per heavy atom. The average molecular weight is 466 g/mol. The van der Waals surface area contributed by atoms with Crippen molar-refractivity contribution in [3.05, 3.63) is 60.6 Å². The summed E-state index contributed by atoms with van der Waals surface area (Å²) in [6.07, 6.45) is 2.33. The molecule has 0 aliphatic heterocycles. The third kappa shape index (κ3) is 6.83. The monoisotopic (exact) mass is 466 g/mol. The van der Waals surface area contributed by atoms with E-state index in [1.807, 2.05) is 0 Å². The van der Waals surface area contributed by atoms with Gasteiger partial charge in [0.05, 0.1) is 18.9 Å². The third-order valence-electron chi connectivity index (χ3n) is 4.41. The first-order valence-corrected chi connectivity index (χ1v) is 10.4. The number of anilines is 2. The minimum atomic E-state index is -0.842. The first-order valence-electron chi connectivity index (χ1n) is 10.4. The SMILES string of the molecule is COc1cc(NC(=O)C(=O)Nc2ccc(CNC(=O)OC(C)(C)C)cc2)ccc1-c1cnco1. The van der Waals surface area contributed by atoms with Gasteiger partial charge in [0.15, 0.2) is 12.2 Å². The molecule has 3 rings (SSSR count). The van der Waals surface area contributed by atoms with Crippen LogP contribution in [0.25, 0.3) is 11.3 Å². The van der Waals surface area contributed by atoms with Crippen molar-refractivity contribution in [3.8, 4) is 17.1 Å². The number of nitrogens with one attached hydrogen (secondary N) is 3. The van der Waals surface area contributed by atoms with Gasteiger partial charge in [-0.25, -0.2) is 9.78 Å². The molecule has 1 heterocycles. The van der Waals surface area contributed by atoms with E-state index in [4.69, 9.17) is 13.9 Å². The van der Waals surface area contributed by atoms with Gasteiger partial charge in [-0.2, -0.15) is 0 Å². The number of benzene rings is 2. The van der Waals surface area contributed by atoms with E-state index < -0.39 is 23.5 Å². The topological polar surface area (TPSA) is 132 Å². The van der Waals surface area contributed by atoms with E-state index in [1.54, 1.807) is 69.4 Å². The number of oxazole rings is 1. The van der Waals surface area contributed by atoms with Gasteiger partial charge in [0, 0.05) is 24.0 Å². The third-order valence-corrected chi connectivity index (χ3v) is 4.41. The minimum Gasteiger partial charge on any atom is -0.496 e. The average Bonchev–Trinajstić information content (AvgIpc) is 3.32. The Hall–Kier alpha value is -4.34. The molecule has 0 bridgehead atoms. The van der Waals surface area contributed by atoms with Gasteiger partial charge in [-0.1, -0.05) is 12.1 Å². The van der Waals surface area contributed by atoms with Crippen molar-refractivity contribution in [3.63, 3.8) is 0 Å². The number of carbonyl (C=O) groups excluding carboxylic acids is 3. The molecule has 0 atom stereocenters. The summed E-state index contributed by atoms with van der Waals surface area (Å²) >= 11 is 0. The highest BCUT2D eigenvalue weighted by Crippen LogP contribution is 2.32. The summed E-state index contributed by atoms with van der Waals surface area (Å²) in [6, 6.07) is 11.6. The Balaban J connectivity index is 1.54. The Bertz CT molecular complexity index is 1150. The fourth-order valence-corrected chi connectivity index (χ4v) is 2.89. The van der Waals surface area contributed by atoms with E-state index >= 15 is 0 Å². The number of alkyl carbamates (subject to hydrolysis) is 1.